The van der Waals surface area contributed by atoms with Gasteiger partial charge in [-0.2, -0.15) is 0 Å². The van der Waals surface area contributed by atoms with Gasteiger partial charge in [0.25, 0.3) is 0 Å². The van der Waals surface area contributed by atoms with Crippen LogP contribution in [0, 0.1) is 11.8 Å². The van der Waals surface area contributed by atoms with E-state index < -0.39 is 12.0 Å². The van der Waals surface area contributed by atoms with Crippen LogP contribution in [0.3, 0.4) is 0 Å². The van der Waals surface area contributed by atoms with E-state index in [1.165, 1.54) is 6.92 Å². The molecule has 1 aromatic carbocycles. The van der Waals surface area contributed by atoms with Crippen LogP contribution < -0.4 is 4.74 Å². The summed E-state index contributed by atoms with van der Waals surface area (Å²) in [6.07, 6.45) is 3.33. The molecule has 5 nitrogen and oxygen atoms in total. The van der Waals surface area contributed by atoms with Crippen molar-refractivity contribution < 1.29 is 19.1 Å². The molecule has 0 aromatic heterocycles. The van der Waals surface area contributed by atoms with Gasteiger partial charge in [0.05, 0.1) is 16.3 Å². The first kappa shape index (κ1) is 17.4. The van der Waals surface area contributed by atoms with E-state index in [0.717, 1.165) is 30.6 Å². The summed E-state index contributed by atoms with van der Waals surface area (Å²) in [5, 5.41) is 0.503. The van der Waals surface area contributed by atoms with E-state index in [2.05, 4.69) is 15.9 Å². The van der Waals surface area contributed by atoms with Gasteiger partial charge in [-0.05, 0) is 53.9 Å². The van der Waals surface area contributed by atoms with E-state index in [9.17, 15) is 14.4 Å². The number of carbonyl (C=O) groups is 3. The van der Waals surface area contributed by atoms with Gasteiger partial charge in [0.15, 0.2) is 0 Å². The van der Waals surface area contributed by atoms with Crippen LogP contribution in [0.5, 0.6) is 5.75 Å². The van der Waals surface area contributed by atoms with Crippen LogP contribution in [0.15, 0.2) is 22.7 Å². The first-order valence-electron chi connectivity index (χ1n) is 7.94. The van der Waals surface area contributed by atoms with Crippen molar-refractivity contribution in [2.45, 2.75) is 38.6 Å². The molecule has 0 radical (unpaired) electrons. The molecular weight excluding hydrogens is 398 g/mol. The molecule has 1 aliphatic carbocycles. The predicted octanol–water partition coefficient (Wildman–Crippen LogP) is 3.57. The Morgan fingerprint density at radius 1 is 1.25 bits per heavy atom. The van der Waals surface area contributed by atoms with Gasteiger partial charge in [-0.1, -0.05) is 24.4 Å². The number of hydrogen-bond donors (Lipinski definition) is 0. The van der Waals surface area contributed by atoms with E-state index in [4.69, 9.17) is 16.3 Å². The molecule has 1 saturated heterocycles. The zero-order chi connectivity index (χ0) is 17.4. The summed E-state index contributed by atoms with van der Waals surface area (Å²) in [7, 11) is 0. The highest BCUT2D eigenvalue weighted by Gasteiger charge is 2.51. The molecule has 3 unspecified atom stereocenters. The highest BCUT2D eigenvalue weighted by atomic mass is 79.9. The molecule has 1 saturated carbocycles. The van der Waals surface area contributed by atoms with Gasteiger partial charge >= 0.3 is 5.97 Å². The van der Waals surface area contributed by atoms with E-state index in [1.807, 2.05) is 0 Å². The Balaban J connectivity index is 1.75. The number of rotatable bonds is 3. The normalized spacial score (nSPS) is 24.7. The summed E-state index contributed by atoms with van der Waals surface area (Å²) in [5.74, 6) is -1.38. The van der Waals surface area contributed by atoms with E-state index >= 15 is 0 Å². The third kappa shape index (κ3) is 3.09. The van der Waals surface area contributed by atoms with Crippen LogP contribution in [0.2, 0.25) is 5.02 Å². The maximum Gasteiger partial charge on any atom is 0.334 e. The Bertz CT molecular complexity index is 684. The molecule has 1 aliphatic heterocycles. The fraction of sp³-hybridized carbons (Fsp3) is 0.471. The minimum absolute atomic E-state index is 0.246. The van der Waals surface area contributed by atoms with Gasteiger partial charge in [0.2, 0.25) is 11.8 Å². The number of esters is 1. The molecule has 0 spiro atoms. The second-order valence-corrected chi connectivity index (χ2v) is 7.51. The van der Waals surface area contributed by atoms with Crippen molar-refractivity contribution >= 4 is 45.3 Å². The van der Waals surface area contributed by atoms with Crippen molar-refractivity contribution in [3.05, 3.63) is 27.7 Å². The maximum absolute atomic E-state index is 12.5. The Morgan fingerprint density at radius 3 is 2.38 bits per heavy atom. The van der Waals surface area contributed by atoms with Crippen LogP contribution in [-0.2, 0) is 14.4 Å². The quantitative estimate of drug-likeness (QED) is 0.431. The van der Waals surface area contributed by atoms with Crippen LogP contribution in [-0.4, -0.2) is 28.7 Å². The molecule has 0 bridgehead atoms. The zero-order valence-corrected chi connectivity index (χ0v) is 15.5. The van der Waals surface area contributed by atoms with Crippen LogP contribution in [0.25, 0.3) is 0 Å². The number of likely N-dealkylation sites (tertiary alicyclic amines) is 1. The number of imide groups is 1. The van der Waals surface area contributed by atoms with Gasteiger partial charge in [-0.25, -0.2) is 4.79 Å². The van der Waals surface area contributed by atoms with Crippen molar-refractivity contribution in [3.8, 4) is 5.75 Å². The molecule has 1 heterocycles. The lowest BCUT2D eigenvalue weighted by Gasteiger charge is -2.21. The number of ether oxygens (including phenoxy) is 1. The number of hydrogen-bond acceptors (Lipinski definition) is 4. The lowest BCUT2D eigenvalue weighted by molar-refractivity contribution is -0.152. The maximum atomic E-state index is 12.5. The number of nitrogens with zero attached hydrogens (tertiary/aromatic N) is 1. The Kier molecular flexibility index (Phi) is 4.97. The van der Waals surface area contributed by atoms with Crippen molar-refractivity contribution in [3.63, 3.8) is 0 Å². The minimum atomic E-state index is -0.946. The SMILES string of the molecule is CC(C(=O)Oc1ccc(Cl)cc1Br)N1C(=O)C2CCCCC2C1=O. The van der Waals surface area contributed by atoms with Gasteiger partial charge in [0.1, 0.15) is 11.8 Å². The zero-order valence-electron chi connectivity index (χ0n) is 13.1. The van der Waals surface area contributed by atoms with E-state index in [-0.39, 0.29) is 23.7 Å². The largest absolute Gasteiger partial charge is 0.424 e. The molecule has 24 heavy (non-hydrogen) atoms. The lowest BCUT2D eigenvalue weighted by atomic mass is 9.81. The topological polar surface area (TPSA) is 63.7 Å². The molecule has 0 N–H and O–H groups in total. The molecular formula is C17H17BrClNO4. The lowest BCUT2D eigenvalue weighted by Crippen LogP contribution is -2.45. The third-order valence-corrected chi connectivity index (χ3v) is 5.56. The second-order valence-electron chi connectivity index (χ2n) is 6.22. The summed E-state index contributed by atoms with van der Waals surface area (Å²) in [5.41, 5.74) is 0. The highest BCUT2D eigenvalue weighted by Crippen LogP contribution is 2.39. The molecule has 2 fully saturated rings. The average molecular weight is 415 g/mol. The summed E-state index contributed by atoms with van der Waals surface area (Å²) in [6.45, 7) is 1.53. The predicted molar refractivity (Wildman–Crippen MR) is 91.6 cm³/mol. The molecule has 3 atom stereocenters. The minimum Gasteiger partial charge on any atom is -0.424 e. The standard InChI is InChI=1S/C17H17BrClNO4/c1-9(17(23)24-14-7-6-10(19)8-13(14)18)20-15(21)11-4-2-3-5-12(11)16(20)22/h6-9,11-12H,2-5H2,1H3. The number of fused-ring (bicyclic) bond motifs is 1. The van der Waals surface area contributed by atoms with Gasteiger partial charge in [-0.3, -0.25) is 14.5 Å². The second kappa shape index (κ2) is 6.84. The van der Waals surface area contributed by atoms with Gasteiger partial charge in [0, 0.05) is 5.02 Å². The van der Waals surface area contributed by atoms with Gasteiger partial charge in [-0.15, -0.1) is 0 Å². The number of benzene rings is 1. The number of carbonyl (C=O) groups excluding carboxylic acids is 3. The van der Waals surface area contributed by atoms with Crippen LogP contribution >= 0.6 is 27.5 Å². The monoisotopic (exact) mass is 413 g/mol. The number of halogens is 2. The first-order chi connectivity index (χ1) is 11.4. The molecule has 7 heteroatoms. The first-order valence-corrected chi connectivity index (χ1v) is 9.11. The van der Waals surface area contributed by atoms with Crippen LogP contribution in [0.1, 0.15) is 32.6 Å². The van der Waals surface area contributed by atoms with Crippen molar-refractivity contribution in [2.75, 3.05) is 0 Å². The fourth-order valence-electron chi connectivity index (χ4n) is 3.43. The molecule has 3 rings (SSSR count). The smallest absolute Gasteiger partial charge is 0.334 e. The Hall–Kier alpha value is -1.40. The Labute approximate surface area is 153 Å². The summed E-state index contributed by atoms with van der Waals surface area (Å²) < 4.78 is 5.86. The molecule has 1 aromatic rings. The molecule has 2 aliphatic rings. The van der Waals surface area contributed by atoms with Crippen molar-refractivity contribution in [1.29, 1.82) is 0 Å². The van der Waals surface area contributed by atoms with E-state index in [0.29, 0.717) is 15.2 Å². The molecule has 2 amide bonds. The van der Waals surface area contributed by atoms with Gasteiger partial charge < -0.3 is 4.74 Å². The number of amides is 2. The highest BCUT2D eigenvalue weighted by molar-refractivity contribution is 9.10. The third-order valence-electron chi connectivity index (χ3n) is 4.71. The van der Waals surface area contributed by atoms with E-state index in [1.54, 1.807) is 18.2 Å². The summed E-state index contributed by atoms with van der Waals surface area (Å²) >= 11 is 9.13. The fourth-order valence-corrected chi connectivity index (χ4v) is 4.19. The summed E-state index contributed by atoms with van der Waals surface area (Å²) in [4.78, 5) is 38.6. The Morgan fingerprint density at radius 2 is 1.83 bits per heavy atom. The van der Waals surface area contributed by atoms with Crippen molar-refractivity contribution in [2.24, 2.45) is 11.8 Å². The average Bonchev–Trinajstić information content (AvgIpc) is 2.81. The van der Waals surface area contributed by atoms with Crippen molar-refractivity contribution in [1.82, 2.24) is 4.90 Å². The molecule has 128 valence electrons. The van der Waals surface area contributed by atoms with Crippen LogP contribution in [0.4, 0.5) is 0 Å². The summed E-state index contributed by atoms with van der Waals surface area (Å²) in [6, 6.07) is 3.82.